The van der Waals surface area contributed by atoms with Gasteiger partial charge in [0.1, 0.15) is 0 Å². The van der Waals surface area contributed by atoms with Gasteiger partial charge in [0, 0.05) is 37.9 Å². The molecule has 4 amide bonds. The van der Waals surface area contributed by atoms with Crippen LogP contribution in [-0.4, -0.2) is 71.3 Å². The monoisotopic (exact) mass is 384 g/mol. The van der Waals surface area contributed by atoms with Gasteiger partial charge < -0.3 is 15.1 Å². The number of benzene rings is 1. The van der Waals surface area contributed by atoms with Crippen LogP contribution < -0.4 is 5.32 Å². The Labute approximate surface area is 165 Å². The van der Waals surface area contributed by atoms with E-state index in [9.17, 15) is 14.4 Å². The molecule has 1 aliphatic carbocycles. The van der Waals surface area contributed by atoms with E-state index >= 15 is 0 Å². The van der Waals surface area contributed by atoms with Crippen molar-refractivity contribution in [3.05, 3.63) is 29.3 Å². The van der Waals surface area contributed by atoms with E-state index in [1.807, 2.05) is 0 Å². The maximum Gasteiger partial charge on any atom is 0.321 e. The molecule has 0 aromatic heterocycles. The number of nitrogens with one attached hydrogen (secondary N) is 1. The minimum atomic E-state index is -0.223. The molecule has 7 nitrogen and oxygen atoms in total. The van der Waals surface area contributed by atoms with Crippen molar-refractivity contribution < 1.29 is 14.4 Å². The number of nitrogens with zero attached hydrogens (tertiary/aromatic N) is 3. The van der Waals surface area contributed by atoms with E-state index < -0.39 is 0 Å². The van der Waals surface area contributed by atoms with E-state index in [4.69, 9.17) is 0 Å². The molecule has 0 unspecified atom stereocenters. The molecule has 0 radical (unpaired) electrons. The molecule has 1 aromatic carbocycles. The predicted molar refractivity (Wildman–Crippen MR) is 107 cm³/mol. The highest BCUT2D eigenvalue weighted by atomic mass is 16.2. The highest BCUT2D eigenvalue weighted by molar-refractivity contribution is 6.22. The van der Waals surface area contributed by atoms with E-state index in [0.29, 0.717) is 29.9 Å². The molecular weight excluding hydrogens is 356 g/mol. The number of amides is 4. The Bertz CT molecular complexity index is 780. The molecule has 0 spiro atoms. The quantitative estimate of drug-likeness (QED) is 0.814. The second-order valence-corrected chi connectivity index (χ2v) is 7.88. The van der Waals surface area contributed by atoms with E-state index in [2.05, 4.69) is 17.1 Å². The first-order chi connectivity index (χ1) is 13.6. The van der Waals surface area contributed by atoms with Gasteiger partial charge in [-0.15, -0.1) is 0 Å². The van der Waals surface area contributed by atoms with Crippen molar-refractivity contribution >= 4 is 23.5 Å². The lowest BCUT2D eigenvalue weighted by Crippen LogP contribution is -2.49. The van der Waals surface area contributed by atoms with Crippen LogP contribution in [0.5, 0.6) is 0 Å². The number of urea groups is 1. The molecule has 150 valence electrons. The highest BCUT2D eigenvalue weighted by Gasteiger charge is 2.40. The Morgan fingerprint density at radius 1 is 1.00 bits per heavy atom. The largest absolute Gasteiger partial charge is 0.322 e. The van der Waals surface area contributed by atoms with Crippen molar-refractivity contribution in [3.8, 4) is 0 Å². The van der Waals surface area contributed by atoms with Crippen LogP contribution in [0, 0.1) is 0 Å². The van der Waals surface area contributed by atoms with E-state index in [-0.39, 0.29) is 23.9 Å². The second-order valence-electron chi connectivity index (χ2n) is 7.88. The summed E-state index contributed by atoms with van der Waals surface area (Å²) in [6.45, 7) is 6.24. The number of imide groups is 1. The third-order valence-corrected chi connectivity index (χ3v) is 6.22. The van der Waals surface area contributed by atoms with Crippen molar-refractivity contribution in [2.45, 2.75) is 45.1 Å². The molecular formula is C21H28N4O3. The summed E-state index contributed by atoms with van der Waals surface area (Å²) in [5.74, 6) is -0.417. The van der Waals surface area contributed by atoms with Gasteiger partial charge in [0.05, 0.1) is 11.1 Å². The number of rotatable bonds is 3. The van der Waals surface area contributed by atoms with E-state index in [1.54, 1.807) is 23.1 Å². The van der Waals surface area contributed by atoms with Crippen LogP contribution in [-0.2, 0) is 0 Å². The second kappa shape index (κ2) is 7.91. The summed E-state index contributed by atoms with van der Waals surface area (Å²) in [6, 6.07) is 4.89. The Morgan fingerprint density at radius 2 is 1.68 bits per heavy atom. The Kier molecular flexibility index (Phi) is 5.35. The molecule has 1 aromatic rings. The highest BCUT2D eigenvalue weighted by Crippen LogP contribution is 2.32. The fraction of sp³-hybridized carbons (Fsp3) is 0.571. The normalized spacial score (nSPS) is 21.2. The van der Waals surface area contributed by atoms with Gasteiger partial charge in [-0.3, -0.25) is 14.5 Å². The zero-order valence-electron chi connectivity index (χ0n) is 16.4. The van der Waals surface area contributed by atoms with Crippen molar-refractivity contribution in [2.24, 2.45) is 0 Å². The van der Waals surface area contributed by atoms with Crippen molar-refractivity contribution in [2.75, 3.05) is 38.0 Å². The molecule has 2 heterocycles. The number of anilines is 1. The molecule has 2 fully saturated rings. The molecule has 1 saturated carbocycles. The summed E-state index contributed by atoms with van der Waals surface area (Å²) < 4.78 is 0. The summed E-state index contributed by atoms with van der Waals surface area (Å²) in [5, 5.41) is 2.89. The average Bonchev–Trinajstić information content (AvgIpc) is 2.98. The molecule has 2 aliphatic heterocycles. The van der Waals surface area contributed by atoms with Gasteiger partial charge >= 0.3 is 6.03 Å². The predicted octanol–water partition coefficient (Wildman–Crippen LogP) is 2.78. The molecule has 0 atom stereocenters. The lowest BCUT2D eigenvalue weighted by Gasteiger charge is -2.34. The van der Waals surface area contributed by atoms with Crippen LogP contribution in [0.4, 0.5) is 10.5 Å². The number of likely N-dealkylation sites (N-methyl/N-ethyl adjacent to an activating group) is 1. The summed E-state index contributed by atoms with van der Waals surface area (Å²) in [6.07, 6.45) is 5.06. The smallest absolute Gasteiger partial charge is 0.321 e. The molecule has 7 heteroatoms. The van der Waals surface area contributed by atoms with E-state index in [1.165, 1.54) is 11.3 Å². The Hall–Kier alpha value is -2.41. The Morgan fingerprint density at radius 3 is 2.36 bits per heavy atom. The van der Waals surface area contributed by atoms with Gasteiger partial charge in [-0.2, -0.15) is 0 Å². The number of fused-ring (bicyclic) bond motifs is 1. The summed E-state index contributed by atoms with van der Waals surface area (Å²) in [5.41, 5.74) is 1.42. The maximum absolute atomic E-state index is 12.9. The summed E-state index contributed by atoms with van der Waals surface area (Å²) in [4.78, 5) is 43.7. The van der Waals surface area contributed by atoms with Gasteiger partial charge in [-0.05, 0) is 37.6 Å². The number of carbonyl (C=O) groups is 3. The average molecular weight is 384 g/mol. The molecule has 28 heavy (non-hydrogen) atoms. The van der Waals surface area contributed by atoms with E-state index in [0.717, 1.165) is 45.3 Å². The molecule has 0 bridgehead atoms. The van der Waals surface area contributed by atoms with Crippen molar-refractivity contribution in [3.63, 3.8) is 0 Å². The third kappa shape index (κ3) is 3.51. The third-order valence-electron chi connectivity index (χ3n) is 6.22. The fourth-order valence-corrected chi connectivity index (χ4v) is 4.48. The van der Waals surface area contributed by atoms with Crippen LogP contribution in [0.15, 0.2) is 18.2 Å². The number of hydrogen-bond donors (Lipinski definition) is 1. The first-order valence-corrected chi connectivity index (χ1v) is 10.4. The lowest BCUT2D eigenvalue weighted by molar-refractivity contribution is 0.0549. The number of piperazine rings is 1. The SMILES string of the molecule is CCN1CCN(C(=O)Nc2ccc3c(c2)C(=O)N(C2CCCCC2)C3=O)CC1. The topological polar surface area (TPSA) is 73.0 Å². The maximum atomic E-state index is 12.9. The lowest BCUT2D eigenvalue weighted by atomic mass is 9.94. The summed E-state index contributed by atoms with van der Waals surface area (Å²) in [7, 11) is 0. The molecule has 4 rings (SSSR count). The van der Waals surface area contributed by atoms with Crippen LogP contribution in [0.2, 0.25) is 0 Å². The van der Waals surface area contributed by atoms with Gasteiger partial charge in [-0.25, -0.2) is 4.79 Å². The van der Waals surface area contributed by atoms with Gasteiger partial charge in [0.15, 0.2) is 0 Å². The minimum absolute atomic E-state index is 0.00838. The number of carbonyl (C=O) groups excluding carboxylic acids is 3. The number of hydrogen-bond acceptors (Lipinski definition) is 4. The van der Waals surface area contributed by atoms with Crippen LogP contribution in [0.1, 0.15) is 59.7 Å². The Balaban J connectivity index is 1.45. The molecule has 3 aliphatic rings. The van der Waals surface area contributed by atoms with Crippen molar-refractivity contribution in [1.82, 2.24) is 14.7 Å². The van der Waals surface area contributed by atoms with Crippen LogP contribution in [0.3, 0.4) is 0 Å². The molecule has 1 saturated heterocycles. The first kappa shape index (κ1) is 18.9. The van der Waals surface area contributed by atoms with Crippen molar-refractivity contribution in [1.29, 1.82) is 0 Å². The first-order valence-electron chi connectivity index (χ1n) is 10.4. The van der Waals surface area contributed by atoms with Crippen LogP contribution >= 0.6 is 0 Å². The van der Waals surface area contributed by atoms with Gasteiger partial charge in [0.2, 0.25) is 0 Å². The van der Waals surface area contributed by atoms with Crippen LogP contribution in [0.25, 0.3) is 0 Å². The van der Waals surface area contributed by atoms with Gasteiger partial charge in [-0.1, -0.05) is 26.2 Å². The zero-order valence-corrected chi connectivity index (χ0v) is 16.4. The minimum Gasteiger partial charge on any atom is -0.322 e. The zero-order chi connectivity index (χ0) is 19.7. The van der Waals surface area contributed by atoms with Gasteiger partial charge in [0.25, 0.3) is 11.8 Å². The molecule has 1 N–H and O–H groups in total. The standard InChI is InChI=1S/C21H28N4O3/c1-2-23-10-12-24(13-11-23)21(28)22-15-8-9-17-18(14-15)20(27)25(19(17)26)16-6-4-3-5-7-16/h8-9,14,16H,2-7,10-13H2,1H3,(H,22,28). The fourth-order valence-electron chi connectivity index (χ4n) is 4.48. The summed E-state index contributed by atoms with van der Waals surface area (Å²) >= 11 is 0.